The van der Waals surface area contributed by atoms with Crippen molar-refractivity contribution in [2.45, 2.75) is 24.7 Å². The summed E-state index contributed by atoms with van der Waals surface area (Å²) in [7, 11) is 0. The van der Waals surface area contributed by atoms with Gasteiger partial charge in [-0.1, -0.05) is 50.2 Å². The molecular weight excluding hydrogens is 224 g/mol. The van der Waals surface area contributed by atoms with Crippen molar-refractivity contribution in [3.8, 4) is 11.1 Å². The maximum absolute atomic E-state index is 2.25. The first kappa shape index (κ1) is 12.3. The Balaban J connectivity index is 2.45. The molecule has 17 heavy (non-hydrogen) atoms. The third-order valence-corrected chi connectivity index (χ3v) is 3.73. The zero-order chi connectivity index (χ0) is 12.3. The van der Waals surface area contributed by atoms with Gasteiger partial charge in [0, 0.05) is 4.90 Å². The minimum atomic E-state index is 0.562. The summed E-state index contributed by atoms with van der Waals surface area (Å²) in [5, 5.41) is 0. The fourth-order valence-electron chi connectivity index (χ4n) is 2.03. The molecule has 2 aromatic carbocycles. The largest absolute Gasteiger partial charge is 0.130 e. The van der Waals surface area contributed by atoms with Crippen LogP contribution in [0.4, 0.5) is 0 Å². The van der Waals surface area contributed by atoms with Crippen molar-refractivity contribution in [2.24, 2.45) is 0 Å². The first-order valence-corrected chi connectivity index (χ1v) is 7.18. The van der Waals surface area contributed by atoms with Crippen LogP contribution in [-0.2, 0) is 0 Å². The van der Waals surface area contributed by atoms with E-state index in [4.69, 9.17) is 0 Å². The van der Waals surface area contributed by atoms with Gasteiger partial charge in [0.25, 0.3) is 0 Å². The highest BCUT2D eigenvalue weighted by atomic mass is 32.2. The van der Waals surface area contributed by atoms with Crippen molar-refractivity contribution < 1.29 is 0 Å². The average Bonchev–Trinajstić information content (AvgIpc) is 2.39. The smallest absolute Gasteiger partial charge is 0.00695 e. The van der Waals surface area contributed by atoms with E-state index in [0.29, 0.717) is 5.92 Å². The van der Waals surface area contributed by atoms with Crippen LogP contribution >= 0.6 is 11.8 Å². The number of hydrogen-bond acceptors (Lipinski definition) is 1. The summed E-state index contributed by atoms with van der Waals surface area (Å²) in [6.45, 7) is 4.49. The van der Waals surface area contributed by atoms with Crippen LogP contribution in [0.1, 0.15) is 25.3 Å². The fraction of sp³-hybridized carbons (Fsp3) is 0.250. The van der Waals surface area contributed by atoms with Crippen LogP contribution in [0.5, 0.6) is 0 Å². The molecule has 0 saturated heterocycles. The molecule has 88 valence electrons. The summed E-state index contributed by atoms with van der Waals surface area (Å²) in [6, 6.07) is 17.5. The lowest BCUT2D eigenvalue weighted by atomic mass is 9.93. The van der Waals surface area contributed by atoms with E-state index >= 15 is 0 Å². The predicted octanol–water partition coefficient (Wildman–Crippen LogP) is 5.20. The molecule has 0 atom stereocenters. The molecule has 2 aromatic rings. The Kier molecular flexibility index (Phi) is 3.90. The molecule has 0 spiro atoms. The zero-order valence-electron chi connectivity index (χ0n) is 10.6. The molecule has 0 nitrogen and oxygen atoms in total. The summed E-state index contributed by atoms with van der Waals surface area (Å²) in [5.41, 5.74) is 4.09. The van der Waals surface area contributed by atoms with E-state index in [9.17, 15) is 0 Å². The summed E-state index contributed by atoms with van der Waals surface area (Å²) in [6.07, 6.45) is 2.11. The summed E-state index contributed by atoms with van der Waals surface area (Å²) in [4.78, 5) is 1.32. The van der Waals surface area contributed by atoms with Gasteiger partial charge in [0.05, 0.1) is 0 Å². The zero-order valence-corrected chi connectivity index (χ0v) is 11.4. The quantitative estimate of drug-likeness (QED) is 0.667. The SMILES string of the molecule is CSc1ccc(-c2ccccc2C(C)C)cc1. The van der Waals surface area contributed by atoms with Crippen LogP contribution in [0.3, 0.4) is 0 Å². The normalized spacial score (nSPS) is 10.8. The highest BCUT2D eigenvalue weighted by molar-refractivity contribution is 7.98. The highest BCUT2D eigenvalue weighted by Gasteiger charge is 2.07. The number of thioether (sulfide) groups is 1. The fourth-order valence-corrected chi connectivity index (χ4v) is 2.44. The van der Waals surface area contributed by atoms with Gasteiger partial charge < -0.3 is 0 Å². The van der Waals surface area contributed by atoms with Crippen molar-refractivity contribution in [2.75, 3.05) is 6.26 Å². The molecule has 1 heteroatoms. The van der Waals surface area contributed by atoms with Crippen molar-refractivity contribution in [3.05, 3.63) is 54.1 Å². The van der Waals surface area contributed by atoms with Gasteiger partial charge in [-0.15, -0.1) is 11.8 Å². The summed E-state index contributed by atoms with van der Waals surface area (Å²) >= 11 is 1.78. The molecule has 0 aliphatic carbocycles. The molecule has 0 bridgehead atoms. The summed E-state index contributed by atoms with van der Waals surface area (Å²) < 4.78 is 0. The first-order valence-electron chi connectivity index (χ1n) is 5.95. The van der Waals surface area contributed by atoms with Crippen LogP contribution in [0.2, 0.25) is 0 Å². The van der Waals surface area contributed by atoms with Crippen molar-refractivity contribution in [1.82, 2.24) is 0 Å². The van der Waals surface area contributed by atoms with Crippen LogP contribution in [0, 0.1) is 0 Å². The molecule has 0 heterocycles. The molecule has 0 N–H and O–H groups in total. The molecule has 2 rings (SSSR count). The Bertz CT molecular complexity index is 483. The third kappa shape index (κ3) is 2.73. The molecule has 0 saturated carbocycles. The molecule has 0 aliphatic heterocycles. The second-order valence-corrected chi connectivity index (χ2v) is 5.35. The molecule has 0 unspecified atom stereocenters. The molecule has 0 amide bonds. The van der Waals surface area contributed by atoms with E-state index in [1.165, 1.54) is 21.6 Å². The van der Waals surface area contributed by atoms with Gasteiger partial charge in [0.1, 0.15) is 0 Å². The van der Waals surface area contributed by atoms with Gasteiger partial charge in [0.15, 0.2) is 0 Å². The maximum Gasteiger partial charge on any atom is 0.00695 e. The number of hydrogen-bond donors (Lipinski definition) is 0. The predicted molar refractivity (Wildman–Crippen MR) is 77.7 cm³/mol. The van der Waals surface area contributed by atoms with Gasteiger partial charge >= 0.3 is 0 Å². The second-order valence-electron chi connectivity index (χ2n) is 4.47. The highest BCUT2D eigenvalue weighted by Crippen LogP contribution is 2.30. The second kappa shape index (κ2) is 5.42. The van der Waals surface area contributed by atoms with Gasteiger partial charge in [0.2, 0.25) is 0 Å². The van der Waals surface area contributed by atoms with Crippen LogP contribution in [-0.4, -0.2) is 6.26 Å². The topological polar surface area (TPSA) is 0 Å². The Hall–Kier alpha value is -1.21. The van der Waals surface area contributed by atoms with Crippen molar-refractivity contribution >= 4 is 11.8 Å². The average molecular weight is 242 g/mol. The van der Waals surface area contributed by atoms with Crippen molar-refractivity contribution in [3.63, 3.8) is 0 Å². The third-order valence-electron chi connectivity index (χ3n) is 2.98. The van der Waals surface area contributed by atoms with Gasteiger partial charge in [-0.3, -0.25) is 0 Å². The van der Waals surface area contributed by atoms with Crippen molar-refractivity contribution in [1.29, 1.82) is 0 Å². The van der Waals surface area contributed by atoms with E-state index in [-0.39, 0.29) is 0 Å². The Morgan fingerprint density at radius 3 is 2.12 bits per heavy atom. The van der Waals surface area contributed by atoms with E-state index in [0.717, 1.165) is 0 Å². The monoisotopic (exact) mass is 242 g/mol. The number of rotatable bonds is 3. The minimum absolute atomic E-state index is 0.562. The van der Waals surface area contributed by atoms with E-state index < -0.39 is 0 Å². The first-order chi connectivity index (χ1) is 8.22. The Morgan fingerprint density at radius 1 is 0.882 bits per heavy atom. The van der Waals surface area contributed by atoms with Crippen LogP contribution < -0.4 is 0 Å². The lowest BCUT2D eigenvalue weighted by molar-refractivity contribution is 0.869. The standard InChI is InChI=1S/C16H18S/c1-12(2)15-6-4-5-7-16(15)13-8-10-14(17-3)11-9-13/h4-12H,1-3H3. The van der Waals surface area contributed by atoms with E-state index in [2.05, 4.69) is 68.6 Å². The summed E-state index contributed by atoms with van der Waals surface area (Å²) in [5.74, 6) is 0.562. The van der Waals surface area contributed by atoms with E-state index in [1.54, 1.807) is 11.8 Å². The maximum atomic E-state index is 2.25. The van der Waals surface area contributed by atoms with Crippen LogP contribution in [0.15, 0.2) is 53.4 Å². The van der Waals surface area contributed by atoms with Gasteiger partial charge in [-0.05, 0) is 41.0 Å². The number of benzene rings is 2. The Labute approximate surface area is 108 Å². The minimum Gasteiger partial charge on any atom is -0.130 e. The lowest BCUT2D eigenvalue weighted by Gasteiger charge is -2.12. The van der Waals surface area contributed by atoms with Crippen LogP contribution in [0.25, 0.3) is 11.1 Å². The Morgan fingerprint density at radius 2 is 1.53 bits per heavy atom. The molecule has 0 aliphatic rings. The molecule has 0 radical (unpaired) electrons. The molecule has 0 aromatic heterocycles. The van der Waals surface area contributed by atoms with Gasteiger partial charge in [-0.2, -0.15) is 0 Å². The van der Waals surface area contributed by atoms with Gasteiger partial charge in [-0.25, -0.2) is 0 Å². The van der Waals surface area contributed by atoms with E-state index in [1.807, 2.05) is 0 Å². The molecular formula is C16H18S. The lowest BCUT2D eigenvalue weighted by Crippen LogP contribution is -1.91. The molecule has 0 fully saturated rings.